The minimum atomic E-state index is 0.0537. The average molecular weight is 375 g/mol. The maximum atomic E-state index is 13.2. The number of hydrogen-bond acceptors (Lipinski definition) is 5. The lowest BCUT2D eigenvalue weighted by Gasteiger charge is -2.38. The Labute approximate surface area is 165 Å². The van der Waals surface area contributed by atoms with Crippen molar-refractivity contribution in [3.63, 3.8) is 0 Å². The van der Waals surface area contributed by atoms with Gasteiger partial charge in [0.2, 0.25) is 5.95 Å². The lowest BCUT2D eigenvalue weighted by molar-refractivity contribution is 0.189. The molecule has 0 spiro atoms. The van der Waals surface area contributed by atoms with Gasteiger partial charge in [-0.3, -0.25) is 24.1 Å². The van der Waals surface area contributed by atoms with E-state index in [0.717, 1.165) is 29.1 Å². The predicted octanol–water partition coefficient (Wildman–Crippen LogP) is 3.39. The summed E-state index contributed by atoms with van der Waals surface area (Å²) in [6, 6.07) is 12.4. The van der Waals surface area contributed by atoms with Crippen molar-refractivity contribution in [2.75, 3.05) is 11.6 Å². The number of aromatic nitrogens is 3. The molecule has 0 unspecified atom stereocenters. The number of aryl methyl sites for hydroxylation is 2. The molecule has 4 rings (SSSR count). The topological polar surface area (TPSA) is 54.3 Å². The van der Waals surface area contributed by atoms with E-state index in [-0.39, 0.29) is 5.56 Å². The Bertz CT molecular complexity index is 1030. The molecule has 28 heavy (non-hydrogen) atoms. The molecule has 6 nitrogen and oxygen atoms in total. The molecule has 1 aliphatic heterocycles. The third-order valence-electron chi connectivity index (χ3n) is 5.20. The van der Waals surface area contributed by atoms with Crippen LogP contribution < -0.4 is 10.5 Å². The van der Waals surface area contributed by atoms with Crippen LogP contribution >= 0.6 is 0 Å². The maximum Gasteiger partial charge on any atom is 0.259 e. The fourth-order valence-electron chi connectivity index (χ4n) is 3.71. The number of nitrogens with zero attached hydrogens (tertiary/aromatic N) is 5. The quantitative estimate of drug-likeness (QED) is 0.700. The lowest BCUT2D eigenvalue weighted by Crippen LogP contribution is -2.47. The Hall–Kier alpha value is -2.99. The smallest absolute Gasteiger partial charge is 0.259 e. The van der Waals surface area contributed by atoms with Crippen LogP contribution in [0.2, 0.25) is 0 Å². The van der Waals surface area contributed by atoms with Crippen LogP contribution in [-0.4, -0.2) is 26.1 Å². The van der Waals surface area contributed by atoms with Crippen LogP contribution in [0, 0.1) is 13.8 Å². The molecule has 1 aromatic carbocycles. The summed E-state index contributed by atoms with van der Waals surface area (Å²) in [5.74, 6) is 0.714. The van der Waals surface area contributed by atoms with E-state index in [1.54, 1.807) is 10.8 Å². The Morgan fingerprint density at radius 2 is 1.86 bits per heavy atom. The summed E-state index contributed by atoms with van der Waals surface area (Å²) in [4.78, 5) is 26.5. The Morgan fingerprint density at radius 3 is 2.54 bits per heavy atom. The Morgan fingerprint density at radius 1 is 1.07 bits per heavy atom. The van der Waals surface area contributed by atoms with Crippen LogP contribution in [0.25, 0.3) is 0 Å². The molecule has 0 saturated heterocycles. The van der Waals surface area contributed by atoms with E-state index in [4.69, 9.17) is 4.98 Å². The standard InChI is InChI=1S/C22H25N5O/c1-4-20-17(3)24-22-26(19-9-7-16(2)8-10-19)14-25(15-27(22)21(20)28)13-18-6-5-11-23-12-18/h5-12H,4,13-15H2,1-3H3. The van der Waals surface area contributed by atoms with Gasteiger partial charge in [-0.1, -0.05) is 30.7 Å². The molecule has 3 aromatic rings. The van der Waals surface area contributed by atoms with Gasteiger partial charge < -0.3 is 0 Å². The van der Waals surface area contributed by atoms with Gasteiger partial charge in [0.25, 0.3) is 5.56 Å². The third kappa shape index (κ3) is 3.43. The normalized spacial score (nSPS) is 14.2. The van der Waals surface area contributed by atoms with Crippen LogP contribution in [-0.2, 0) is 19.6 Å². The second kappa shape index (κ2) is 7.56. The summed E-state index contributed by atoms with van der Waals surface area (Å²) >= 11 is 0. The van der Waals surface area contributed by atoms with E-state index >= 15 is 0 Å². The molecule has 0 atom stereocenters. The zero-order valence-corrected chi connectivity index (χ0v) is 16.6. The van der Waals surface area contributed by atoms with Crippen LogP contribution in [0.5, 0.6) is 0 Å². The molecular weight excluding hydrogens is 350 g/mol. The summed E-state index contributed by atoms with van der Waals surface area (Å²) in [7, 11) is 0. The van der Waals surface area contributed by atoms with E-state index in [1.807, 2.05) is 26.1 Å². The van der Waals surface area contributed by atoms with Crippen molar-refractivity contribution in [3.8, 4) is 0 Å². The van der Waals surface area contributed by atoms with Gasteiger partial charge in [0.05, 0.1) is 13.3 Å². The van der Waals surface area contributed by atoms with Crippen LogP contribution in [0.4, 0.5) is 11.6 Å². The minimum absolute atomic E-state index is 0.0537. The van der Waals surface area contributed by atoms with Crippen molar-refractivity contribution >= 4 is 11.6 Å². The highest BCUT2D eigenvalue weighted by Gasteiger charge is 2.27. The lowest BCUT2D eigenvalue weighted by atomic mass is 10.2. The number of fused-ring (bicyclic) bond motifs is 1. The number of rotatable bonds is 4. The monoisotopic (exact) mass is 375 g/mol. The molecular formula is C22H25N5O. The minimum Gasteiger partial charge on any atom is -0.298 e. The maximum absolute atomic E-state index is 13.2. The van der Waals surface area contributed by atoms with Crippen molar-refractivity contribution in [2.45, 2.75) is 40.4 Å². The highest BCUT2D eigenvalue weighted by atomic mass is 16.1. The van der Waals surface area contributed by atoms with Crippen molar-refractivity contribution in [1.29, 1.82) is 0 Å². The van der Waals surface area contributed by atoms with Gasteiger partial charge in [-0.2, -0.15) is 0 Å². The second-order valence-corrected chi connectivity index (χ2v) is 7.30. The molecule has 0 amide bonds. The van der Waals surface area contributed by atoms with E-state index in [1.165, 1.54) is 5.56 Å². The van der Waals surface area contributed by atoms with Gasteiger partial charge in [0, 0.05) is 35.9 Å². The SMILES string of the molecule is CCc1c(C)nc2n(c1=O)CN(Cc1cccnc1)CN2c1ccc(C)cc1. The van der Waals surface area contributed by atoms with Crippen molar-refractivity contribution in [3.05, 3.63) is 81.5 Å². The van der Waals surface area contributed by atoms with Gasteiger partial charge in [0.15, 0.2) is 0 Å². The summed E-state index contributed by atoms with van der Waals surface area (Å²) in [5.41, 5.74) is 5.02. The molecule has 144 valence electrons. The molecule has 1 aliphatic rings. The number of pyridine rings is 1. The van der Waals surface area contributed by atoms with Crippen LogP contribution in [0.15, 0.2) is 53.6 Å². The molecule has 3 heterocycles. The van der Waals surface area contributed by atoms with Gasteiger partial charge in [-0.05, 0) is 44.0 Å². The zero-order chi connectivity index (χ0) is 19.7. The molecule has 0 N–H and O–H groups in total. The number of hydrogen-bond donors (Lipinski definition) is 0. The van der Waals surface area contributed by atoms with Gasteiger partial charge in [0.1, 0.15) is 0 Å². The Balaban J connectivity index is 1.79. The average Bonchev–Trinajstić information content (AvgIpc) is 2.70. The second-order valence-electron chi connectivity index (χ2n) is 7.30. The van der Waals surface area contributed by atoms with Crippen LogP contribution in [0.1, 0.15) is 29.3 Å². The molecule has 6 heteroatoms. The van der Waals surface area contributed by atoms with E-state index < -0.39 is 0 Å². The van der Waals surface area contributed by atoms with Crippen molar-refractivity contribution in [1.82, 2.24) is 19.4 Å². The van der Waals surface area contributed by atoms with E-state index in [2.05, 4.69) is 52.0 Å². The summed E-state index contributed by atoms with van der Waals surface area (Å²) in [5, 5.41) is 0. The van der Waals surface area contributed by atoms with E-state index in [9.17, 15) is 4.79 Å². The van der Waals surface area contributed by atoms with E-state index in [0.29, 0.717) is 25.7 Å². The molecule has 2 aromatic heterocycles. The van der Waals surface area contributed by atoms with Crippen molar-refractivity contribution in [2.24, 2.45) is 0 Å². The first-order valence-corrected chi connectivity index (χ1v) is 9.62. The first-order valence-electron chi connectivity index (χ1n) is 9.62. The molecule has 0 aliphatic carbocycles. The van der Waals surface area contributed by atoms with Gasteiger partial charge >= 0.3 is 0 Å². The summed E-state index contributed by atoms with van der Waals surface area (Å²) < 4.78 is 1.80. The largest absolute Gasteiger partial charge is 0.298 e. The molecule has 0 bridgehead atoms. The summed E-state index contributed by atoms with van der Waals surface area (Å²) in [6.07, 6.45) is 4.34. The van der Waals surface area contributed by atoms with Crippen LogP contribution in [0.3, 0.4) is 0 Å². The highest BCUT2D eigenvalue weighted by Crippen LogP contribution is 2.28. The molecule has 0 radical (unpaired) electrons. The molecule has 0 saturated carbocycles. The van der Waals surface area contributed by atoms with Crippen molar-refractivity contribution < 1.29 is 0 Å². The third-order valence-corrected chi connectivity index (χ3v) is 5.20. The number of anilines is 2. The first kappa shape index (κ1) is 18.4. The fraction of sp³-hybridized carbons (Fsp3) is 0.318. The number of benzene rings is 1. The fourth-order valence-corrected chi connectivity index (χ4v) is 3.71. The zero-order valence-electron chi connectivity index (χ0n) is 16.6. The first-order chi connectivity index (χ1) is 13.6. The predicted molar refractivity (Wildman–Crippen MR) is 111 cm³/mol. The summed E-state index contributed by atoms with van der Waals surface area (Å²) in [6.45, 7) is 7.91. The van der Waals surface area contributed by atoms with Gasteiger partial charge in [-0.25, -0.2) is 4.98 Å². The van der Waals surface area contributed by atoms with Gasteiger partial charge in [-0.15, -0.1) is 0 Å². The Kier molecular flexibility index (Phi) is 4.96. The molecule has 0 fully saturated rings. The highest BCUT2D eigenvalue weighted by molar-refractivity contribution is 5.58.